The number of halogens is 2. The zero-order valence-electron chi connectivity index (χ0n) is 11.5. The average Bonchev–Trinajstić information content (AvgIpc) is 2.42. The fraction of sp³-hybridized carbons (Fsp3) is 0.250. The molecule has 20 heavy (non-hydrogen) atoms. The van der Waals surface area contributed by atoms with E-state index in [4.69, 9.17) is 4.74 Å². The van der Waals surface area contributed by atoms with E-state index < -0.39 is 0 Å². The molecule has 2 rings (SSSR count). The van der Waals surface area contributed by atoms with Gasteiger partial charge in [-0.15, -0.1) is 0 Å². The van der Waals surface area contributed by atoms with Gasteiger partial charge in [-0.1, -0.05) is 29.8 Å². The summed E-state index contributed by atoms with van der Waals surface area (Å²) in [5.41, 5.74) is 3.08. The van der Waals surface area contributed by atoms with Crippen molar-refractivity contribution in [1.82, 2.24) is 5.32 Å². The molecule has 2 aromatic rings. The second-order valence-corrected chi connectivity index (χ2v) is 5.44. The van der Waals surface area contributed by atoms with E-state index in [1.54, 1.807) is 6.07 Å². The molecular weight excluding hydrogens is 321 g/mol. The summed E-state index contributed by atoms with van der Waals surface area (Å²) < 4.78 is 19.7. The molecule has 2 nitrogen and oxygen atoms in total. The van der Waals surface area contributed by atoms with Gasteiger partial charge in [-0.05, 0) is 42.0 Å². The highest BCUT2D eigenvalue weighted by Crippen LogP contribution is 2.24. The van der Waals surface area contributed by atoms with Crippen LogP contribution in [0.5, 0.6) is 5.75 Å². The van der Waals surface area contributed by atoms with Crippen LogP contribution in [0.2, 0.25) is 0 Å². The van der Waals surface area contributed by atoms with Crippen LogP contribution in [-0.4, -0.2) is 7.05 Å². The van der Waals surface area contributed by atoms with Gasteiger partial charge in [0.2, 0.25) is 0 Å². The Bertz CT molecular complexity index is 601. The Hall–Kier alpha value is -1.39. The smallest absolute Gasteiger partial charge is 0.137 e. The first-order chi connectivity index (χ1) is 9.61. The van der Waals surface area contributed by atoms with E-state index in [2.05, 4.69) is 27.3 Å². The summed E-state index contributed by atoms with van der Waals surface area (Å²) in [4.78, 5) is 0. The van der Waals surface area contributed by atoms with Crippen molar-refractivity contribution in [3.8, 4) is 5.75 Å². The molecule has 0 saturated carbocycles. The maximum Gasteiger partial charge on any atom is 0.137 e. The van der Waals surface area contributed by atoms with Crippen molar-refractivity contribution >= 4 is 15.9 Å². The predicted molar refractivity (Wildman–Crippen MR) is 82.4 cm³/mol. The van der Waals surface area contributed by atoms with Crippen molar-refractivity contribution in [2.45, 2.75) is 20.1 Å². The van der Waals surface area contributed by atoms with Crippen LogP contribution in [0.15, 0.2) is 40.9 Å². The summed E-state index contributed by atoms with van der Waals surface area (Å²) >= 11 is 3.25. The summed E-state index contributed by atoms with van der Waals surface area (Å²) in [7, 11) is 1.90. The number of aryl methyl sites for hydroxylation is 1. The molecule has 0 spiro atoms. The summed E-state index contributed by atoms with van der Waals surface area (Å²) in [5, 5.41) is 3.12. The zero-order chi connectivity index (χ0) is 14.5. The first kappa shape index (κ1) is 15.0. The molecule has 106 valence electrons. The molecule has 0 heterocycles. The van der Waals surface area contributed by atoms with Crippen LogP contribution in [0.3, 0.4) is 0 Å². The van der Waals surface area contributed by atoms with Gasteiger partial charge in [-0.3, -0.25) is 0 Å². The van der Waals surface area contributed by atoms with Crippen LogP contribution in [0.1, 0.15) is 16.7 Å². The molecule has 2 aromatic carbocycles. The van der Waals surface area contributed by atoms with Crippen molar-refractivity contribution < 1.29 is 9.13 Å². The highest BCUT2D eigenvalue weighted by atomic mass is 79.9. The molecule has 4 heteroatoms. The standard InChI is InChI=1S/C16H17BrFNO/c1-11-6-7-15(13(8-11)9-19-2)20-10-12-4-3-5-14(18)16(12)17/h3-8,19H,9-10H2,1-2H3. The SMILES string of the molecule is CNCc1cc(C)ccc1OCc1cccc(F)c1Br. The maximum atomic E-state index is 13.4. The van der Waals surface area contributed by atoms with Crippen molar-refractivity contribution in [1.29, 1.82) is 0 Å². The Morgan fingerprint density at radius 2 is 2.00 bits per heavy atom. The van der Waals surface area contributed by atoms with Gasteiger partial charge in [0.25, 0.3) is 0 Å². The molecule has 0 aliphatic rings. The molecule has 0 unspecified atom stereocenters. The van der Waals surface area contributed by atoms with Gasteiger partial charge >= 0.3 is 0 Å². The number of rotatable bonds is 5. The topological polar surface area (TPSA) is 21.3 Å². The second-order valence-electron chi connectivity index (χ2n) is 4.64. The minimum atomic E-state index is -0.273. The Labute approximate surface area is 127 Å². The van der Waals surface area contributed by atoms with Crippen molar-refractivity contribution in [3.63, 3.8) is 0 Å². The molecule has 0 amide bonds. The Balaban J connectivity index is 2.16. The minimum Gasteiger partial charge on any atom is -0.489 e. The van der Waals surface area contributed by atoms with E-state index in [0.29, 0.717) is 11.1 Å². The van der Waals surface area contributed by atoms with Gasteiger partial charge in [-0.2, -0.15) is 0 Å². The summed E-state index contributed by atoms with van der Waals surface area (Å²) in [6.07, 6.45) is 0. The third kappa shape index (κ3) is 3.58. The maximum absolute atomic E-state index is 13.4. The highest BCUT2D eigenvalue weighted by Gasteiger charge is 2.08. The third-order valence-corrected chi connectivity index (χ3v) is 3.89. The lowest BCUT2D eigenvalue weighted by atomic mass is 10.1. The van der Waals surface area contributed by atoms with Gasteiger partial charge in [0.15, 0.2) is 0 Å². The van der Waals surface area contributed by atoms with Crippen LogP contribution in [0.4, 0.5) is 4.39 Å². The number of ether oxygens (including phenoxy) is 1. The summed E-state index contributed by atoms with van der Waals surface area (Å²) in [5.74, 6) is 0.548. The van der Waals surface area contributed by atoms with Gasteiger partial charge in [-0.25, -0.2) is 4.39 Å². The van der Waals surface area contributed by atoms with E-state index in [-0.39, 0.29) is 5.82 Å². The molecule has 0 atom stereocenters. The van der Waals surface area contributed by atoms with Crippen molar-refractivity contribution in [2.75, 3.05) is 7.05 Å². The quantitative estimate of drug-likeness (QED) is 0.882. The third-order valence-electron chi connectivity index (χ3n) is 3.00. The largest absolute Gasteiger partial charge is 0.489 e. The van der Waals surface area contributed by atoms with Crippen LogP contribution < -0.4 is 10.1 Å². The lowest BCUT2D eigenvalue weighted by molar-refractivity contribution is 0.301. The van der Waals surface area contributed by atoms with Crippen molar-refractivity contribution in [2.24, 2.45) is 0 Å². The van der Waals surface area contributed by atoms with Gasteiger partial charge in [0.05, 0.1) is 4.47 Å². The van der Waals surface area contributed by atoms with E-state index in [1.165, 1.54) is 11.6 Å². The molecule has 0 fully saturated rings. The Morgan fingerprint density at radius 1 is 1.20 bits per heavy atom. The van der Waals surface area contributed by atoms with Crippen LogP contribution in [0, 0.1) is 12.7 Å². The predicted octanol–water partition coefficient (Wildman–Crippen LogP) is 4.20. The average molecular weight is 338 g/mol. The van der Waals surface area contributed by atoms with E-state index >= 15 is 0 Å². The van der Waals surface area contributed by atoms with Gasteiger partial charge in [0.1, 0.15) is 18.2 Å². The van der Waals surface area contributed by atoms with E-state index in [9.17, 15) is 4.39 Å². The van der Waals surface area contributed by atoms with Gasteiger partial charge in [0, 0.05) is 17.7 Å². The summed E-state index contributed by atoms with van der Waals surface area (Å²) in [6.45, 7) is 3.12. The Morgan fingerprint density at radius 3 is 2.75 bits per heavy atom. The molecule has 0 bridgehead atoms. The molecule has 0 aliphatic carbocycles. The molecule has 0 saturated heterocycles. The van der Waals surface area contributed by atoms with E-state index in [1.807, 2.05) is 32.2 Å². The lowest BCUT2D eigenvalue weighted by Crippen LogP contribution is -2.08. The molecule has 0 aromatic heterocycles. The minimum absolute atomic E-state index is 0.273. The lowest BCUT2D eigenvalue weighted by Gasteiger charge is -2.13. The molecule has 1 N–H and O–H groups in total. The fourth-order valence-corrected chi connectivity index (χ4v) is 2.37. The Kier molecular flexibility index (Phi) is 5.15. The fourth-order valence-electron chi connectivity index (χ4n) is 1.99. The molecular formula is C16H17BrFNO. The highest BCUT2D eigenvalue weighted by molar-refractivity contribution is 9.10. The first-order valence-electron chi connectivity index (χ1n) is 6.41. The summed E-state index contributed by atoms with van der Waals surface area (Å²) in [6, 6.07) is 11.0. The van der Waals surface area contributed by atoms with Crippen LogP contribution in [0.25, 0.3) is 0 Å². The van der Waals surface area contributed by atoms with Crippen molar-refractivity contribution in [3.05, 3.63) is 63.4 Å². The number of nitrogens with one attached hydrogen (secondary N) is 1. The molecule has 0 radical (unpaired) electrons. The number of hydrogen-bond acceptors (Lipinski definition) is 2. The monoisotopic (exact) mass is 337 g/mol. The second kappa shape index (κ2) is 6.86. The number of benzene rings is 2. The zero-order valence-corrected chi connectivity index (χ0v) is 13.1. The van der Waals surface area contributed by atoms with Gasteiger partial charge < -0.3 is 10.1 Å². The van der Waals surface area contributed by atoms with E-state index in [0.717, 1.165) is 23.4 Å². The first-order valence-corrected chi connectivity index (χ1v) is 7.21. The molecule has 0 aliphatic heterocycles. The number of hydrogen-bond donors (Lipinski definition) is 1. The van der Waals surface area contributed by atoms with Crippen LogP contribution in [-0.2, 0) is 13.2 Å². The van der Waals surface area contributed by atoms with Crippen LogP contribution >= 0.6 is 15.9 Å². The normalized spacial score (nSPS) is 10.6.